The summed E-state index contributed by atoms with van der Waals surface area (Å²) in [6, 6.07) is 17.8. The number of amides is 2. The van der Waals surface area contributed by atoms with Crippen LogP contribution in [0.15, 0.2) is 64.5 Å². The maximum Gasteiger partial charge on any atom is 0.269 e. The van der Waals surface area contributed by atoms with E-state index in [0.717, 1.165) is 5.56 Å². The number of hydrogen-bond donors (Lipinski definition) is 2. The SMILES string of the molecule is COCc1cc(C)n(CC(=O)N/N=C\c2ccc(OCC(=O)Nc3ccc(C)cc3)cc2)c(=O)c1C#N. The topological polar surface area (TPSA) is 135 Å². The first-order valence-electron chi connectivity index (χ1n) is 11.3. The van der Waals surface area contributed by atoms with E-state index in [2.05, 4.69) is 15.8 Å². The Morgan fingerprint density at radius 2 is 1.78 bits per heavy atom. The Morgan fingerprint density at radius 1 is 1.08 bits per heavy atom. The molecule has 0 radical (unpaired) electrons. The van der Waals surface area contributed by atoms with Gasteiger partial charge in [-0.15, -0.1) is 0 Å². The second-order valence-electron chi connectivity index (χ2n) is 8.19. The molecule has 0 spiro atoms. The van der Waals surface area contributed by atoms with E-state index < -0.39 is 11.5 Å². The Morgan fingerprint density at radius 3 is 2.43 bits per heavy atom. The van der Waals surface area contributed by atoms with Crippen molar-refractivity contribution in [2.24, 2.45) is 5.10 Å². The smallest absolute Gasteiger partial charge is 0.269 e. The number of aryl methyl sites for hydroxylation is 2. The molecule has 10 nitrogen and oxygen atoms in total. The highest BCUT2D eigenvalue weighted by Crippen LogP contribution is 2.12. The Labute approximate surface area is 214 Å². The second kappa shape index (κ2) is 12.8. The number of aromatic nitrogens is 1. The predicted molar refractivity (Wildman–Crippen MR) is 138 cm³/mol. The number of anilines is 1. The molecule has 0 aliphatic rings. The lowest BCUT2D eigenvalue weighted by Gasteiger charge is -2.12. The zero-order chi connectivity index (χ0) is 26.8. The van der Waals surface area contributed by atoms with Crippen molar-refractivity contribution in [1.82, 2.24) is 9.99 Å². The molecular weight excluding hydrogens is 474 g/mol. The van der Waals surface area contributed by atoms with Crippen molar-refractivity contribution in [3.05, 3.63) is 92.9 Å². The number of nitriles is 1. The maximum absolute atomic E-state index is 12.6. The number of rotatable bonds is 10. The largest absolute Gasteiger partial charge is 0.484 e. The van der Waals surface area contributed by atoms with Gasteiger partial charge in [-0.3, -0.25) is 14.4 Å². The molecule has 2 amide bonds. The van der Waals surface area contributed by atoms with Crippen LogP contribution in [0.1, 0.15) is 27.9 Å². The molecule has 2 aromatic carbocycles. The normalized spacial score (nSPS) is 10.6. The van der Waals surface area contributed by atoms with Crippen molar-refractivity contribution >= 4 is 23.7 Å². The average Bonchev–Trinajstić information content (AvgIpc) is 2.88. The van der Waals surface area contributed by atoms with Crippen LogP contribution < -0.4 is 21.0 Å². The molecule has 10 heteroatoms. The van der Waals surface area contributed by atoms with Crippen LogP contribution in [0.4, 0.5) is 5.69 Å². The van der Waals surface area contributed by atoms with Crippen molar-refractivity contribution in [3.63, 3.8) is 0 Å². The van der Waals surface area contributed by atoms with E-state index in [0.29, 0.717) is 28.3 Å². The summed E-state index contributed by atoms with van der Waals surface area (Å²) in [6.07, 6.45) is 1.43. The molecule has 0 saturated heterocycles. The van der Waals surface area contributed by atoms with Gasteiger partial charge in [0.15, 0.2) is 6.61 Å². The summed E-state index contributed by atoms with van der Waals surface area (Å²) in [5.41, 5.74) is 5.24. The number of nitrogens with one attached hydrogen (secondary N) is 2. The molecular formula is C27H27N5O5. The summed E-state index contributed by atoms with van der Waals surface area (Å²) in [4.78, 5) is 37.0. The van der Waals surface area contributed by atoms with Gasteiger partial charge in [0, 0.05) is 24.1 Å². The Bertz CT molecular complexity index is 1390. The van der Waals surface area contributed by atoms with Gasteiger partial charge in [0.1, 0.15) is 23.9 Å². The number of carbonyl (C=O) groups is 2. The molecule has 1 aromatic heterocycles. The molecule has 0 aliphatic heterocycles. The zero-order valence-electron chi connectivity index (χ0n) is 20.8. The molecule has 190 valence electrons. The van der Waals surface area contributed by atoms with Crippen LogP contribution in [-0.2, 0) is 27.5 Å². The van der Waals surface area contributed by atoms with E-state index in [1.165, 1.54) is 17.9 Å². The summed E-state index contributed by atoms with van der Waals surface area (Å²) in [7, 11) is 1.47. The minimum absolute atomic E-state index is 0.0568. The number of pyridine rings is 1. The standard InChI is InChI=1S/C27H27N5O5/c1-18-4-8-22(9-5-18)30-26(34)17-37-23-10-6-20(7-11-23)14-29-31-25(33)15-32-19(2)12-21(16-36-3)24(13-28)27(32)35/h4-12,14H,15-17H2,1-3H3,(H,30,34)(H,31,33)/b29-14-. The van der Waals surface area contributed by atoms with Gasteiger partial charge in [-0.05, 0) is 61.9 Å². The number of carbonyl (C=O) groups excluding carboxylic acids is 2. The van der Waals surface area contributed by atoms with Crippen LogP contribution in [-0.4, -0.2) is 36.3 Å². The third kappa shape index (κ3) is 7.62. The fraction of sp³-hybridized carbons (Fsp3) is 0.222. The first-order valence-corrected chi connectivity index (χ1v) is 11.3. The molecule has 0 unspecified atom stereocenters. The molecule has 2 N–H and O–H groups in total. The number of ether oxygens (including phenoxy) is 2. The number of nitrogens with zero attached hydrogens (tertiary/aromatic N) is 3. The second-order valence-corrected chi connectivity index (χ2v) is 8.19. The number of methoxy groups -OCH3 is 1. The number of benzene rings is 2. The first kappa shape index (κ1) is 26.8. The first-order chi connectivity index (χ1) is 17.8. The minimum Gasteiger partial charge on any atom is -0.484 e. The Balaban J connectivity index is 1.51. The summed E-state index contributed by atoms with van der Waals surface area (Å²) < 4.78 is 11.7. The predicted octanol–water partition coefficient (Wildman–Crippen LogP) is 2.65. The van der Waals surface area contributed by atoms with Crippen molar-refractivity contribution in [2.75, 3.05) is 19.0 Å². The molecule has 37 heavy (non-hydrogen) atoms. The van der Waals surface area contributed by atoms with E-state index in [1.807, 2.05) is 37.3 Å². The molecule has 0 fully saturated rings. The van der Waals surface area contributed by atoms with Crippen molar-refractivity contribution in [1.29, 1.82) is 5.26 Å². The molecule has 0 bridgehead atoms. The summed E-state index contributed by atoms with van der Waals surface area (Å²) in [5.74, 6) is -0.300. The van der Waals surface area contributed by atoms with Crippen molar-refractivity contribution < 1.29 is 19.1 Å². The number of hydrazone groups is 1. The highest BCUT2D eigenvalue weighted by atomic mass is 16.5. The van der Waals surface area contributed by atoms with Gasteiger partial charge in [-0.1, -0.05) is 17.7 Å². The fourth-order valence-corrected chi connectivity index (χ4v) is 3.41. The van der Waals surface area contributed by atoms with Gasteiger partial charge in [-0.25, -0.2) is 5.43 Å². The van der Waals surface area contributed by atoms with Crippen LogP contribution in [0.2, 0.25) is 0 Å². The van der Waals surface area contributed by atoms with Crippen molar-refractivity contribution in [2.45, 2.75) is 27.0 Å². The monoisotopic (exact) mass is 501 g/mol. The summed E-state index contributed by atoms with van der Waals surface area (Å²) in [5, 5.41) is 16.0. The molecule has 3 rings (SSSR count). The minimum atomic E-state index is -0.559. The van der Waals surface area contributed by atoms with Gasteiger partial charge in [-0.2, -0.15) is 10.4 Å². The zero-order valence-corrected chi connectivity index (χ0v) is 20.8. The van der Waals surface area contributed by atoms with E-state index >= 15 is 0 Å². The van der Waals surface area contributed by atoms with Gasteiger partial charge in [0.05, 0.1) is 12.8 Å². The maximum atomic E-state index is 12.6. The van der Waals surface area contributed by atoms with Crippen LogP contribution in [0, 0.1) is 25.2 Å². The lowest BCUT2D eigenvalue weighted by atomic mass is 10.1. The Hall–Kier alpha value is -4.75. The summed E-state index contributed by atoms with van der Waals surface area (Å²) >= 11 is 0. The van der Waals surface area contributed by atoms with Crippen LogP contribution >= 0.6 is 0 Å². The third-order valence-electron chi connectivity index (χ3n) is 5.29. The summed E-state index contributed by atoms with van der Waals surface area (Å²) in [6.45, 7) is 3.34. The molecule has 0 saturated carbocycles. The highest BCUT2D eigenvalue weighted by molar-refractivity contribution is 5.91. The fourth-order valence-electron chi connectivity index (χ4n) is 3.41. The average molecular weight is 502 g/mol. The lowest BCUT2D eigenvalue weighted by molar-refractivity contribution is -0.121. The highest BCUT2D eigenvalue weighted by Gasteiger charge is 2.14. The Kier molecular flexibility index (Phi) is 9.29. The molecule has 1 heterocycles. The van der Waals surface area contributed by atoms with Crippen LogP contribution in [0.5, 0.6) is 5.75 Å². The van der Waals surface area contributed by atoms with E-state index in [1.54, 1.807) is 37.3 Å². The third-order valence-corrected chi connectivity index (χ3v) is 5.29. The van der Waals surface area contributed by atoms with E-state index in [4.69, 9.17) is 9.47 Å². The van der Waals surface area contributed by atoms with E-state index in [-0.39, 0.29) is 31.2 Å². The number of hydrogen-bond acceptors (Lipinski definition) is 7. The van der Waals surface area contributed by atoms with Gasteiger partial charge in [0.2, 0.25) is 0 Å². The van der Waals surface area contributed by atoms with Gasteiger partial charge in [0.25, 0.3) is 17.4 Å². The quantitative estimate of drug-likeness (QED) is 0.324. The van der Waals surface area contributed by atoms with Gasteiger partial charge < -0.3 is 19.4 Å². The van der Waals surface area contributed by atoms with E-state index in [9.17, 15) is 19.6 Å². The lowest BCUT2D eigenvalue weighted by Crippen LogP contribution is -2.33. The van der Waals surface area contributed by atoms with Crippen molar-refractivity contribution in [3.8, 4) is 11.8 Å². The van der Waals surface area contributed by atoms with Crippen LogP contribution in [0.25, 0.3) is 0 Å². The van der Waals surface area contributed by atoms with Gasteiger partial charge >= 0.3 is 0 Å². The molecule has 0 aliphatic carbocycles. The molecule has 3 aromatic rings. The van der Waals surface area contributed by atoms with Crippen LogP contribution in [0.3, 0.4) is 0 Å². The molecule has 0 atom stereocenters.